The van der Waals surface area contributed by atoms with E-state index in [0.717, 1.165) is 12.1 Å². The van der Waals surface area contributed by atoms with E-state index < -0.39 is 17.4 Å². The van der Waals surface area contributed by atoms with E-state index in [1.165, 1.54) is 18.5 Å². The topological polar surface area (TPSA) is 32.9 Å². The molecule has 1 N–H and O–H groups in total. The number of carbonyl (C=O) groups excluding carboxylic acids is 1. The summed E-state index contributed by atoms with van der Waals surface area (Å²) in [4.78, 5) is 14.4. The Labute approximate surface area is 94.9 Å². The summed E-state index contributed by atoms with van der Waals surface area (Å²) >= 11 is 5.38. The number of aromatic nitrogens is 1. The summed E-state index contributed by atoms with van der Waals surface area (Å²) in [5, 5.41) is -0.344. The minimum Gasteiger partial charge on any atom is -0.367 e. The number of H-pyrrole nitrogens is 1. The fraction of sp³-hybridized carbons (Fsp3) is 0. The normalized spacial score (nSPS) is 10.4. The molecule has 0 saturated carbocycles. The van der Waals surface area contributed by atoms with E-state index in [-0.39, 0.29) is 16.1 Å². The van der Waals surface area contributed by atoms with Crippen LogP contribution in [0.2, 0.25) is 5.02 Å². The van der Waals surface area contributed by atoms with Gasteiger partial charge in [0.05, 0.1) is 10.6 Å². The lowest BCUT2D eigenvalue weighted by molar-refractivity contribution is 0.103. The van der Waals surface area contributed by atoms with Crippen LogP contribution in [-0.4, -0.2) is 10.8 Å². The lowest BCUT2D eigenvalue weighted by atomic mass is 10.1. The van der Waals surface area contributed by atoms with Crippen LogP contribution in [0.5, 0.6) is 0 Å². The lowest BCUT2D eigenvalue weighted by Gasteiger charge is -2.02. The van der Waals surface area contributed by atoms with E-state index in [2.05, 4.69) is 4.98 Å². The predicted molar refractivity (Wildman–Crippen MR) is 55.6 cm³/mol. The molecule has 0 fully saturated rings. The van der Waals surface area contributed by atoms with Crippen LogP contribution < -0.4 is 0 Å². The van der Waals surface area contributed by atoms with E-state index in [9.17, 15) is 13.6 Å². The first kappa shape index (κ1) is 10.8. The molecule has 0 saturated heterocycles. The molecule has 0 aliphatic heterocycles. The van der Waals surface area contributed by atoms with Crippen LogP contribution in [0.3, 0.4) is 0 Å². The summed E-state index contributed by atoms with van der Waals surface area (Å²) in [6, 6.07) is 3.07. The van der Waals surface area contributed by atoms with E-state index in [1.54, 1.807) is 0 Å². The first-order valence-electron chi connectivity index (χ1n) is 4.41. The van der Waals surface area contributed by atoms with E-state index >= 15 is 0 Å². The Bertz CT molecular complexity index is 537. The minimum atomic E-state index is -0.836. The van der Waals surface area contributed by atoms with Gasteiger partial charge >= 0.3 is 0 Å². The summed E-state index contributed by atoms with van der Waals surface area (Å²) in [6.45, 7) is 0. The van der Waals surface area contributed by atoms with Gasteiger partial charge in [0.1, 0.15) is 11.6 Å². The van der Waals surface area contributed by atoms with Crippen molar-refractivity contribution >= 4 is 17.4 Å². The Hall–Kier alpha value is -1.68. The Morgan fingerprint density at radius 1 is 1.25 bits per heavy atom. The molecule has 5 heteroatoms. The van der Waals surface area contributed by atoms with Crippen LogP contribution >= 0.6 is 11.6 Å². The Kier molecular flexibility index (Phi) is 2.75. The standard InChI is InChI=1S/C11H6ClF2NO/c12-8-4-9(13)7(3-10(8)14)11(16)6-1-2-15-5-6/h1-5,15H. The van der Waals surface area contributed by atoms with Crippen molar-refractivity contribution in [3.05, 3.63) is 58.4 Å². The summed E-state index contributed by atoms with van der Waals surface area (Å²) in [5.74, 6) is -2.24. The van der Waals surface area contributed by atoms with Crippen molar-refractivity contribution in [2.45, 2.75) is 0 Å². The highest BCUT2D eigenvalue weighted by Crippen LogP contribution is 2.21. The van der Waals surface area contributed by atoms with Gasteiger partial charge in [-0.05, 0) is 18.2 Å². The quantitative estimate of drug-likeness (QED) is 0.636. The van der Waals surface area contributed by atoms with Crippen molar-refractivity contribution < 1.29 is 13.6 Å². The zero-order valence-corrected chi connectivity index (χ0v) is 8.68. The molecular formula is C11H6ClF2NO. The highest BCUT2D eigenvalue weighted by molar-refractivity contribution is 6.30. The lowest BCUT2D eigenvalue weighted by Crippen LogP contribution is -2.04. The third-order valence-corrected chi connectivity index (χ3v) is 2.40. The third-order valence-electron chi connectivity index (χ3n) is 2.11. The monoisotopic (exact) mass is 241 g/mol. The number of ketones is 1. The number of carbonyl (C=O) groups is 1. The average molecular weight is 242 g/mol. The smallest absolute Gasteiger partial charge is 0.197 e. The molecule has 0 amide bonds. The van der Waals surface area contributed by atoms with Crippen molar-refractivity contribution in [1.29, 1.82) is 0 Å². The van der Waals surface area contributed by atoms with Gasteiger partial charge in [0, 0.05) is 18.0 Å². The van der Waals surface area contributed by atoms with Gasteiger partial charge < -0.3 is 4.98 Å². The molecule has 16 heavy (non-hydrogen) atoms. The molecule has 1 aromatic heterocycles. The van der Waals surface area contributed by atoms with Crippen molar-refractivity contribution in [3.63, 3.8) is 0 Å². The number of rotatable bonds is 2. The number of aromatic amines is 1. The molecule has 0 aliphatic rings. The van der Waals surface area contributed by atoms with Crippen LogP contribution in [0.25, 0.3) is 0 Å². The van der Waals surface area contributed by atoms with Gasteiger partial charge in [-0.2, -0.15) is 0 Å². The first-order chi connectivity index (χ1) is 7.59. The zero-order chi connectivity index (χ0) is 11.7. The fourth-order valence-corrected chi connectivity index (χ4v) is 1.47. The molecule has 0 atom stereocenters. The number of halogens is 3. The molecule has 2 nitrogen and oxygen atoms in total. The van der Waals surface area contributed by atoms with Gasteiger partial charge in [-0.25, -0.2) is 8.78 Å². The number of hydrogen-bond acceptors (Lipinski definition) is 1. The van der Waals surface area contributed by atoms with Gasteiger partial charge in [-0.15, -0.1) is 0 Å². The van der Waals surface area contributed by atoms with E-state index in [0.29, 0.717) is 0 Å². The zero-order valence-electron chi connectivity index (χ0n) is 7.93. The largest absolute Gasteiger partial charge is 0.367 e. The molecule has 2 aromatic rings. The van der Waals surface area contributed by atoms with Crippen molar-refractivity contribution in [1.82, 2.24) is 4.98 Å². The molecular weight excluding hydrogens is 236 g/mol. The molecule has 1 heterocycles. The molecule has 0 spiro atoms. The minimum absolute atomic E-state index is 0.264. The van der Waals surface area contributed by atoms with Gasteiger partial charge in [0.25, 0.3) is 0 Å². The SMILES string of the molecule is O=C(c1cc[nH]c1)c1cc(F)c(Cl)cc1F. The third kappa shape index (κ3) is 1.84. The second-order valence-corrected chi connectivity index (χ2v) is 3.58. The molecule has 0 unspecified atom stereocenters. The molecule has 0 bridgehead atoms. The predicted octanol–water partition coefficient (Wildman–Crippen LogP) is 3.18. The molecule has 0 radical (unpaired) electrons. The Morgan fingerprint density at radius 3 is 2.62 bits per heavy atom. The summed E-state index contributed by atoms with van der Waals surface area (Å²) in [5.41, 5.74) is -0.0675. The van der Waals surface area contributed by atoms with Crippen molar-refractivity contribution in [2.75, 3.05) is 0 Å². The molecule has 0 aliphatic carbocycles. The van der Waals surface area contributed by atoms with Crippen LogP contribution in [-0.2, 0) is 0 Å². The van der Waals surface area contributed by atoms with Crippen LogP contribution in [0, 0.1) is 11.6 Å². The van der Waals surface area contributed by atoms with Crippen molar-refractivity contribution in [3.8, 4) is 0 Å². The highest BCUT2D eigenvalue weighted by Gasteiger charge is 2.17. The summed E-state index contributed by atoms with van der Waals surface area (Å²) < 4.78 is 26.5. The van der Waals surface area contributed by atoms with Gasteiger partial charge in [-0.1, -0.05) is 11.6 Å². The molecule has 82 valence electrons. The molecule has 2 rings (SSSR count). The summed E-state index contributed by atoms with van der Waals surface area (Å²) in [7, 11) is 0. The summed E-state index contributed by atoms with van der Waals surface area (Å²) in [6.07, 6.45) is 2.94. The van der Waals surface area contributed by atoms with Crippen LogP contribution in [0.15, 0.2) is 30.6 Å². The van der Waals surface area contributed by atoms with E-state index in [1.807, 2.05) is 0 Å². The Morgan fingerprint density at radius 2 is 2.00 bits per heavy atom. The fourth-order valence-electron chi connectivity index (χ4n) is 1.32. The molecule has 1 aromatic carbocycles. The Balaban J connectivity index is 2.49. The van der Waals surface area contributed by atoms with E-state index in [4.69, 9.17) is 11.6 Å². The average Bonchev–Trinajstić information content (AvgIpc) is 2.75. The number of benzene rings is 1. The second kappa shape index (κ2) is 4.06. The van der Waals surface area contributed by atoms with Gasteiger partial charge in [0.2, 0.25) is 0 Å². The maximum atomic E-state index is 13.4. The van der Waals surface area contributed by atoms with Crippen LogP contribution in [0.4, 0.5) is 8.78 Å². The number of hydrogen-bond donors (Lipinski definition) is 1. The maximum Gasteiger partial charge on any atom is 0.197 e. The van der Waals surface area contributed by atoms with Crippen LogP contribution in [0.1, 0.15) is 15.9 Å². The highest BCUT2D eigenvalue weighted by atomic mass is 35.5. The van der Waals surface area contributed by atoms with Gasteiger partial charge in [0.15, 0.2) is 5.78 Å². The second-order valence-electron chi connectivity index (χ2n) is 3.17. The maximum absolute atomic E-state index is 13.4. The van der Waals surface area contributed by atoms with Crippen molar-refractivity contribution in [2.24, 2.45) is 0 Å². The first-order valence-corrected chi connectivity index (χ1v) is 4.79. The van der Waals surface area contributed by atoms with Gasteiger partial charge in [-0.3, -0.25) is 4.79 Å². The number of nitrogens with one attached hydrogen (secondary N) is 1.